The van der Waals surface area contributed by atoms with Gasteiger partial charge >= 0.3 is 59.8 Å². The number of rotatable bonds is 69. The van der Waals surface area contributed by atoms with E-state index in [1.807, 2.05) is 0 Å². The number of hydrogen-bond acceptors (Lipinski definition) is 27. The highest BCUT2D eigenvalue weighted by Crippen LogP contribution is 2.27. The fraction of sp³-hybridized carbons (Fsp3) is 0.774. The van der Waals surface area contributed by atoms with E-state index in [4.69, 9.17) is 61.6 Å². The molecule has 0 atom stereocenters. The Hall–Kier alpha value is -7.90. The number of carbonyl (C=O) groups is 14. The topological polar surface area (TPSA) is 589 Å². The average molecular weight is 1480 g/mol. The third-order valence-electron chi connectivity index (χ3n) is 13.3. The van der Waals surface area contributed by atoms with E-state index in [2.05, 4.69) is 21.3 Å². The summed E-state index contributed by atoms with van der Waals surface area (Å²) >= 11 is 0. The lowest BCUT2D eigenvalue weighted by atomic mass is 9.84. The van der Waals surface area contributed by atoms with Crippen LogP contribution in [0.15, 0.2) is 0 Å². The van der Waals surface area contributed by atoms with Gasteiger partial charge in [0.05, 0.1) is 216 Å². The van der Waals surface area contributed by atoms with Crippen molar-refractivity contribution in [1.82, 2.24) is 21.3 Å². The van der Waals surface area contributed by atoms with E-state index in [1.54, 1.807) is 20.8 Å². The number of hydrogen-bond donors (Lipinski definition) is 13. The third-order valence-corrected chi connectivity index (χ3v) is 13.3. The number of carbonyl (C=O) groups excluding carboxylic acids is 5. The predicted octanol–water partition coefficient (Wildman–Crippen LogP) is -0.556. The number of Topliss-reactive ketones (excluding diaryl/α,β-unsaturated/α-hetero) is 1. The van der Waals surface area contributed by atoms with Crippen molar-refractivity contribution >= 4 is 83.3 Å². The van der Waals surface area contributed by atoms with Gasteiger partial charge in [0.2, 0.25) is 17.7 Å². The molecular formula is C62H102N4O36. The number of nitrogens with one attached hydrogen (secondary N) is 4. The van der Waals surface area contributed by atoms with Gasteiger partial charge in [0, 0.05) is 44.1 Å². The lowest BCUT2D eigenvalue weighted by molar-refractivity contribution is -0.142. The quantitative estimate of drug-likeness (QED) is 0.0340. The second-order valence-corrected chi connectivity index (χ2v) is 24.4. The molecule has 0 aromatic carbocycles. The van der Waals surface area contributed by atoms with Gasteiger partial charge in [0.15, 0.2) is 0 Å². The molecule has 0 saturated heterocycles. The molecule has 0 aromatic heterocycles. The van der Waals surface area contributed by atoms with Crippen LogP contribution in [0.1, 0.15) is 117 Å². The second kappa shape index (κ2) is 53.8. The highest BCUT2D eigenvalue weighted by molar-refractivity contribution is 5.80. The van der Waals surface area contributed by atoms with Gasteiger partial charge in [0.25, 0.3) is 0 Å². The molecule has 102 heavy (non-hydrogen) atoms. The first-order chi connectivity index (χ1) is 48.0. The normalized spacial score (nSPS) is 11.9. The summed E-state index contributed by atoms with van der Waals surface area (Å²) in [5.41, 5.74) is -7.63. The van der Waals surface area contributed by atoms with Crippen molar-refractivity contribution in [2.24, 2.45) is 5.41 Å². The van der Waals surface area contributed by atoms with Crippen molar-refractivity contribution in [3.8, 4) is 0 Å². The molecule has 0 heterocycles. The summed E-state index contributed by atoms with van der Waals surface area (Å²) in [6.07, 6.45) is -7.38. The minimum Gasteiger partial charge on any atom is -0.481 e. The van der Waals surface area contributed by atoms with Crippen molar-refractivity contribution in [2.75, 3.05) is 165 Å². The Morgan fingerprint density at radius 1 is 0.275 bits per heavy atom. The summed E-state index contributed by atoms with van der Waals surface area (Å²) in [6, 6.07) is 0. The molecule has 0 rings (SSSR count). The summed E-state index contributed by atoms with van der Waals surface area (Å²) in [5, 5.41) is 93.8. The van der Waals surface area contributed by atoms with Gasteiger partial charge in [0.1, 0.15) is 28.0 Å². The predicted molar refractivity (Wildman–Crippen MR) is 342 cm³/mol. The Morgan fingerprint density at radius 2 is 0.471 bits per heavy atom. The molecule has 0 fully saturated rings. The van der Waals surface area contributed by atoms with Crippen LogP contribution in [0.25, 0.3) is 0 Å². The molecule has 0 saturated carbocycles. The molecule has 0 spiro atoms. The van der Waals surface area contributed by atoms with E-state index in [9.17, 15) is 113 Å². The molecular weight excluding hydrogens is 1380 g/mol. The van der Waals surface area contributed by atoms with Crippen LogP contribution in [0.4, 0.5) is 4.79 Å². The lowest BCUT2D eigenvalue weighted by Gasteiger charge is -2.35. The zero-order valence-electron chi connectivity index (χ0n) is 57.8. The Balaban J connectivity index is 7.69. The van der Waals surface area contributed by atoms with Gasteiger partial charge in [-0.05, 0) is 27.2 Å². The van der Waals surface area contributed by atoms with Crippen molar-refractivity contribution in [3.63, 3.8) is 0 Å². The number of alkyl carbamates (subject to hydrolysis) is 1. The summed E-state index contributed by atoms with van der Waals surface area (Å²) in [4.78, 5) is 171. The van der Waals surface area contributed by atoms with E-state index in [0.29, 0.717) is 0 Å². The van der Waals surface area contributed by atoms with Crippen LogP contribution in [0.3, 0.4) is 0 Å². The molecule has 4 amide bonds. The lowest BCUT2D eigenvalue weighted by Crippen LogP contribution is -2.59. The summed E-state index contributed by atoms with van der Waals surface area (Å²) in [5.74, 6) is -14.1. The van der Waals surface area contributed by atoms with E-state index >= 15 is 0 Å². The van der Waals surface area contributed by atoms with E-state index in [0.717, 1.165) is 0 Å². The zero-order chi connectivity index (χ0) is 76.9. The summed E-state index contributed by atoms with van der Waals surface area (Å²) < 4.78 is 73.8. The third kappa shape index (κ3) is 53.0. The molecule has 0 aromatic rings. The number of ketones is 1. The standard InChI is InChI=1S/C62H102N4O36/c1-58(2,3)102-57(89)63-18-4-5-44(67)31-59(32-90-19-6-45(68)64-60(35-93-22-9-48(71)72,36-94-23-10-49(73)74)37-95-24-11-50(75)76,33-91-20-7-46(69)65-61(38-96-25-12-51(77)78,39-97-26-13-52(79)80)40-98-27-14-53(81)82)34-92-21-8-47(70)66-62(41-99-28-15-54(83)84,42-100-29-16-55(85)86)43-101-30-17-56(87)88/h4-43H2,1-3H3,(H,63,89)(H,64,68)(H,65,69)(H,66,70)(H,71,72)(H,73,74)(H,75,76)(H,77,78)(H,79,80)(H,81,82)(H,83,84)(H,85,86)(H,87,88). The van der Waals surface area contributed by atoms with Gasteiger partial charge in [-0.1, -0.05) is 0 Å². The Bertz CT molecular complexity index is 2180. The zero-order valence-corrected chi connectivity index (χ0v) is 57.8. The molecule has 0 aliphatic rings. The highest BCUT2D eigenvalue weighted by Gasteiger charge is 2.39. The highest BCUT2D eigenvalue weighted by atomic mass is 16.6. The second-order valence-electron chi connectivity index (χ2n) is 24.4. The van der Waals surface area contributed by atoms with Gasteiger partial charge in [-0.3, -0.25) is 62.3 Å². The van der Waals surface area contributed by atoms with E-state index in [1.165, 1.54) is 0 Å². The number of ether oxygens (including phenoxy) is 13. The number of amides is 4. The van der Waals surface area contributed by atoms with Crippen LogP contribution in [-0.4, -0.2) is 317 Å². The van der Waals surface area contributed by atoms with Crippen molar-refractivity contribution in [3.05, 3.63) is 0 Å². The van der Waals surface area contributed by atoms with Crippen LogP contribution < -0.4 is 21.3 Å². The summed E-state index contributed by atoms with van der Waals surface area (Å²) in [7, 11) is 0. The Morgan fingerprint density at radius 3 is 0.667 bits per heavy atom. The fourth-order valence-corrected chi connectivity index (χ4v) is 8.55. The van der Waals surface area contributed by atoms with Gasteiger partial charge in [-0.15, -0.1) is 0 Å². The van der Waals surface area contributed by atoms with Gasteiger partial charge in [-0.25, -0.2) is 4.79 Å². The van der Waals surface area contributed by atoms with Crippen molar-refractivity contribution < 1.29 is 175 Å². The smallest absolute Gasteiger partial charge is 0.407 e. The first kappa shape index (κ1) is 94.1. The Labute approximate surface area is 587 Å². The van der Waals surface area contributed by atoms with Gasteiger partial charge in [-0.2, -0.15) is 0 Å². The molecule has 586 valence electrons. The van der Waals surface area contributed by atoms with Gasteiger partial charge < -0.3 is 129 Å². The number of aliphatic carboxylic acids is 9. The van der Waals surface area contributed by atoms with Crippen LogP contribution in [0.5, 0.6) is 0 Å². The molecule has 40 heteroatoms. The van der Waals surface area contributed by atoms with Crippen molar-refractivity contribution in [1.29, 1.82) is 0 Å². The van der Waals surface area contributed by atoms with Crippen molar-refractivity contribution in [2.45, 2.75) is 139 Å². The minimum absolute atomic E-state index is 0.0443. The largest absolute Gasteiger partial charge is 0.481 e. The Kier molecular flexibility index (Phi) is 49.7. The molecule has 0 bridgehead atoms. The van der Waals surface area contributed by atoms with Crippen LogP contribution in [0.2, 0.25) is 0 Å². The maximum Gasteiger partial charge on any atom is 0.407 e. The maximum atomic E-state index is 14.2. The molecule has 0 unspecified atom stereocenters. The molecule has 0 aliphatic heterocycles. The monoisotopic (exact) mass is 1480 g/mol. The van der Waals surface area contributed by atoms with Crippen LogP contribution in [0, 0.1) is 5.41 Å². The first-order valence-electron chi connectivity index (χ1n) is 32.4. The molecule has 40 nitrogen and oxygen atoms in total. The SMILES string of the molecule is CC(C)(C)OC(=O)NCCCC(=O)CC(COCCC(=O)NC(COCCC(=O)O)(COCCC(=O)O)COCCC(=O)O)(COCCC(=O)NC(COCCC(=O)O)(COCCC(=O)O)COCCC(=O)O)COCCC(=O)NC(COCCC(=O)O)(COCCC(=O)O)COCCC(=O)O. The van der Waals surface area contributed by atoms with E-state index < -0.39 is 294 Å². The molecule has 0 aliphatic carbocycles. The molecule has 0 radical (unpaired) electrons. The fourth-order valence-electron chi connectivity index (χ4n) is 8.55. The average Bonchev–Trinajstić information content (AvgIpc) is 0.871. The van der Waals surface area contributed by atoms with Crippen LogP contribution in [-0.2, 0) is 124 Å². The maximum absolute atomic E-state index is 14.2. The summed E-state index contributed by atoms with van der Waals surface area (Å²) in [6.45, 7) is -6.14. The first-order valence-corrected chi connectivity index (χ1v) is 32.4. The number of carboxylic acids is 9. The van der Waals surface area contributed by atoms with E-state index in [-0.39, 0.29) is 78.8 Å². The molecule has 13 N–H and O–H groups in total. The number of carboxylic acid groups (broad SMARTS) is 9. The minimum atomic E-state index is -1.71. The van der Waals surface area contributed by atoms with Crippen LogP contribution >= 0.6 is 0 Å².